The number of methoxy groups -OCH3 is 1. The summed E-state index contributed by atoms with van der Waals surface area (Å²) in [7, 11) is 1.57. The van der Waals surface area contributed by atoms with Crippen molar-refractivity contribution in [3.05, 3.63) is 53.6 Å². The number of nitrogen functional groups attached to an aromatic ring is 1. The SMILES string of the molecule is COc1cccc2c1nc(N)n1nc(C3CC(c4ccc([C@H](N)C(F)(F)F)cn4)C3)nc21. The van der Waals surface area contributed by atoms with E-state index >= 15 is 0 Å². The second kappa shape index (κ2) is 7.30. The number of pyridine rings is 1. The van der Waals surface area contributed by atoms with Crippen molar-refractivity contribution in [2.75, 3.05) is 12.8 Å². The third kappa shape index (κ3) is 3.29. The summed E-state index contributed by atoms with van der Waals surface area (Å²) in [5.74, 6) is 1.68. The van der Waals surface area contributed by atoms with Gasteiger partial charge in [0.1, 0.15) is 17.3 Å². The molecule has 0 saturated heterocycles. The Bertz CT molecular complexity index is 1300. The van der Waals surface area contributed by atoms with E-state index in [4.69, 9.17) is 21.2 Å². The van der Waals surface area contributed by atoms with Crippen LogP contribution in [-0.2, 0) is 0 Å². The van der Waals surface area contributed by atoms with E-state index in [0.717, 1.165) is 23.9 Å². The molecule has 166 valence electrons. The first-order valence-electron chi connectivity index (χ1n) is 10.0. The van der Waals surface area contributed by atoms with E-state index in [0.29, 0.717) is 22.7 Å². The highest BCUT2D eigenvalue weighted by atomic mass is 19.4. The van der Waals surface area contributed by atoms with Gasteiger partial charge in [0.2, 0.25) is 5.95 Å². The lowest BCUT2D eigenvalue weighted by Gasteiger charge is -2.33. The molecule has 0 amide bonds. The van der Waals surface area contributed by atoms with Crippen LogP contribution in [0.15, 0.2) is 36.5 Å². The predicted octanol–water partition coefficient (Wildman–Crippen LogP) is 3.49. The van der Waals surface area contributed by atoms with Crippen LogP contribution in [0.3, 0.4) is 0 Å². The Hall–Kier alpha value is -3.47. The molecule has 5 rings (SSSR count). The minimum Gasteiger partial charge on any atom is -0.494 e. The van der Waals surface area contributed by atoms with Gasteiger partial charge in [0.05, 0.1) is 7.11 Å². The summed E-state index contributed by atoms with van der Waals surface area (Å²) in [4.78, 5) is 13.3. The van der Waals surface area contributed by atoms with Crippen molar-refractivity contribution in [1.82, 2.24) is 24.6 Å². The van der Waals surface area contributed by atoms with Gasteiger partial charge < -0.3 is 16.2 Å². The molecule has 32 heavy (non-hydrogen) atoms. The highest BCUT2D eigenvalue weighted by molar-refractivity contribution is 5.95. The summed E-state index contributed by atoms with van der Waals surface area (Å²) in [6.07, 6.45) is -1.81. The molecule has 1 atom stereocenters. The maximum atomic E-state index is 12.8. The maximum absolute atomic E-state index is 12.8. The van der Waals surface area contributed by atoms with Gasteiger partial charge in [0.25, 0.3) is 0 Å². The molecule has 0 aliphatic heterocycles. The molecule has 4 N–H and O–H groups in total. The van der Waals surface area contributed by atoms with E-state index in [-0.39, 0.29) is 23.3 Å². The number of ether oxygens (including phenoxy) is 1. The van der Waals surface area contributed by atoms with Crippen LogP contribution in [-0.4, -0.2) is 37.9 Å². The van der Waals surface area contributed by atoms with Crippen LogP contribution in [0.2, 0.25) is 0 Å². The fourth-order valence-corrected chi connectivity index (χ4v) is 4.08. The average Bonchev–Trinajstić information content (AvgIpc) is 3.17. The largest absolute Gasteiger partial charge is 0.494 e. The smallest absolute Gasteiger partial charge is 0.407 e. The molecular weight excluding hydrogens is 423 g/mol. The average molecular weight is 443 g/mol. The number of hydrogen-bond acceptors (Lipinski definition) is 7. The van der Waals surface area contributed by atoms with E-state index in [1.807, 2.05) is 12.1 Å². The third-order valence-corrected chi connectivity index (χ3v) is 5.97. The van der Waals surface area contributed by atoms with Gasteiger partial charge in [-0.3, -0.25) is 4.98 Å². The first-order valence-corrected chi connectivity index (χ1v) is 10.0. The van der Waals surface area contributed by atoms with Crippen LogP contribution in [0.5, 0.6) is 5.75 Å². The zero-order chi connectivity index (χ0) is 22.6. The molecule has 4 aromatic rings. The fourth-order valence-electron chi connectivity index (χ4n) is 4.08. The Morgan fingerprint density at radius 3 is 2.56 bits per heavy atom. The summed E-state index contributed by atoms with van der Waals surface area (Å²) >= 11 is 0. The molecule has 0 unspecified atom stereocenters. The molecule has 1 aliphatic carbocycles. The van der Waals surface area contributed by atoms with E-state index in [1.165, 1.54) is 16.8 Å². The highest BCUT2D eigenvalue weighted by Gasteiger charge is 2.39. The number of nitrogens with two attached hydrogens (primary N) is 2. The van der Waals surface area contributed by atoms with Gasteiger partial charge >= 0.3 is 6.18 Å². The van der Waals surface area contributed by atoms with E-state index in [9.17, 15) is 13.2 Å². The topological polar surface area (TPSA) is 117 Å². The van der Waals surface area contributed by atoms with Crippen LogP contribution < -0.4 is 16.2 Å². The molecule has 3 heterocycles. The Kier molecular flexibility index (Phi) is 4.66. The number of aromatic nitrogens is 5. The number of nitrogens with zero attached hydrogens (tertiary/aromatic N) is 5. The Morgan fingerprint density at radius 2 is 1.91 bits per heavy atom. The van der Waals surface area contributed by atoms with Crippen LogP contribution in [0.25, 0.3) is 16.6 Å². The predicted molar refractivity (Wildman–Crippen MR) is 111 cm³/mol. The van der Waals surface area contributed by atoms with Crippen molar-refractivity contribution in [3.63, 3.8) is 0 Å². The van der Waals surface area contributed by atoms with Gasteiger partial charge in [-0.05, 0) is 36.6 Å². The van der Waals surface area contributed by atoms with Crippen LogP contribution in [0.1, 0.15) is 47.8 Å². The zero-order valence-corrected chi connectivity index (χ0v) is 17.0. The zero-order valence-electron chi connectivity index (χ0n) is 17.0. The van der Waals surface area contributed by atoms with Crippen molar-refractivity contribution in [3.8, 4) is 5.75 Å². The van der Waals surface area contributed by atoms with Gasteiger partial charge in [0, 0.05) is 29.1 Å². The molecular formula is C21H20F3N7O. The molecule has 1 aromatic carbocycles. The van der Waals surface area contributed by atoms with E-state index < -0.39 is 12.2 Å². The quantitative estimate of drug-likeness (QED) is 0.496. The molecule has 1 aliphatic rings. The number of halogens is 3. The van der Waals surface area contributed by atoms with Gasteiger partial charge in [-0.25, -0.2) is 9.97 Å². The van der Waals surface area contributed by atoms with E-state index in [2.05, 4.69) is 15.1 Å². The molecule has 3 aromatic heterocycles. The number of hydrogen-bond donors (Lipinski definition) is 2. The lowest BCUT2D eigenvalue weighted by atomic mass is 9.72. The second-order valence-corrected chi connectivity index (χ2v) is 7.93. The number of para-hydroxylation sites is 1. The van der Waals surface area contributed by atoms with Gasteiger partial charge in [-0.1, -0.05) is 12.1 Å². The van der Waals surface area contributed by atoms with Crippen molar-refractivity contribution >= 4 is 22.5 Å². The number of rotatable bonds is 4. The Labute approximate surface area is 180 Å². The first-order chi connectivity index (χ1) is 15.3. The molecule has 0 bridgehead atoms. The highest BCUT2D eigenvalue weighted by Crippen LogP contribution is 2.46. The van der Waals surface area contributed by atoms with Gasteiger partial charge in [-0.2, -0.15) is 17.7 Å². The number of fused-ring (bicyclic) bond motifs is 3. The lowest BCUT2D eigenvalue weighted by molar-refractivity contribution is -0.149. The number of benzene rings is 1. The number of alkyl halides is 3. The van der Waals surface area contributed by atoms with Crippen LogP contribution in [0, 0.1) is 0 Å². The van der Waals surface area contributed by atoms with Gasteiger partial charge in [0.15, 0.2) is 11.5 Å². The molecule has 0 radical (unpaired) electrons. The van der Waals surface area contributed by atoms with Crippen molar-refractivity contribution in [1.29, 1.82) is 0 Å². The maximum Gasteiger partial charge on any atom is 0.407 e. The van der Waals surface area contributed by atoms with Crippen LogP contribution in [0.4, 0.5) is 19.1 Å². The van der Waals surface area contributed by atoms with Crippen molar-refractivity contribution in [2.24, 2.45) is 5.73 Å². The molecule has 0 spiro atoms. The minimum absolute atomic E-state index is 0.0515. The van der Waals surface area contributed by atoms with Crippen molar-refractivity contribution < 1.29 is 17.9 Å². The molecule has 1 fully saturated rings. The summed E-state index contributed by atoms with van der Waals surface area (Å²) in [5.41, 5.74) is 13.2. The standard InChI is InChI=1S/C21H20F3N7O/c1-32-15-4-2-3-13-16(15)28-20(26)31-19(13)29-18(30-31)12-7-11(8-12)14-6-5-10(9-27-14)17(25)21(22,23)24/h2-6,9,11-12,17H,7-8,25H2,1H3,(H2,26,28)/t11?,12?,17-/m0/s1. The minimum atomic E-state index is -4.50. The summed E-state index contributed by atoms with van der Waals surface area (Å²) in [5, 5.41) is 5.33. The normalized spacial score (nSPS) is 19.8. The Morgan fingerprint density at radius 1 is 1.12 bits per heavy atom. The van der Waals surface area contributed by atoms with Crippen LogP contribution >= 0.6 is 0 Å². The van der Waals surface area contributed by atoms with Gasteiger partial charge in [-0.15, -0.1) is 5.10 Å². The first kappa shape index (κ1) is 20.4. The summed E-state index contributed by atoms with van der Waals surface area (Å²) in [6.45, 7) is 0. The molecule has 1 saturated carbocycles. The van der Waals surface area contributed by atoms with Crippen molar-refractivity contribution in [2.45, 2.75) is 36.9 Å². The lowest BCUT2D eigenvalue weighted by Crippen LogP contribution is -2.28. The molecule has 11 heteroatoms. The Balaban J connectivity index is 1.37. The number of anilines is 1. The molecule has 8 nitrogen and oxygen atoms in total. The second-order valence-electron chi connectivity index (χ2n) is 7.93. The summed E-state index contributed by atoms with van der Waals surface area (Å²) < 4.78 is 45.2. The summed E-state index contributed by atoms with van der Waals surface area (Å²) in [6, 6.07) is 6.52. The van der Waals surface area contributed by atoms with E-state index in [1.54, 1.807) is 19.2 Å². The third-order valence-electron chi connectivity index (χ3n) is 5.97. The fraction of sp³-hybridized carbons (Fsp3) is 0.333. The monoisotopic (exact) mass is 443 g/mol.